The number of nitrogens with one attached hydrogen (secondary N) is 2. The van der Waals surface area contributed by atoms with Crippen LogP contribution in [0.25, 0.3) is 0 Å². The number of ether oxygens (including phenoxy) is 1. The maximum absolute atomic E-state index is 5.22. The van der Waals surface area contributed by atoms with Crippen LogP contribution in [0.4, 0.5) is 0 Å². The number of thioether (sulfide) groups is 1. The van der Waals surface area contributed by atoms with Crippen molar-refractivity contribution in [1.29, 1.82) is 0 Å². The van der Waals surface area contributed by atoms with E-state index in [0.717, 1.165) is 40.6 Å². The summed E-state index contributed by atoms with van der Waals surface area (Å²) in [7, 11) is 1.66. The monoisotopic (exact) mass is 487 g/mol. The molecule has 0 fully saturated rings. The predicted molar refractivity (Wildman–Crippen MR) is 107 cm³/mol. The second kappa shape index (κ2) is 12.4. The smallest absolute Gasteiger partial charge is 0.191 e. The van der Waals surface area contributed by atoms with Gasteiger partial charge in [0, 0.05) is 18.8 Å². The van der Waals surface area contributed by atoms with Crippen LogP contribution in [0.2, 0.25) is 0 Å². The second-order valence-electron chi connectivity index (χ2n) is 4.08. The van der Waals surface area contributed by atoms with Crippen molar-refractivity contribution < 1.29 is 4.74 Å². The molecule has 0 saturated heterocycles. The molecule has 0 unspecified atom stereocenters. The van der Waals surface area contributed by atoms with Gasteiger partial charge >= 0.3 is 0 Å². The molecule has 120 valence electrons. The largest absolute Gasteiger partial charge is 0.496 e. The third-order valence-corrected chi connectivity index (χ3v) is 3.81. The molecule has 0 atom stereocenters. The third kappa shape index (κ3) is 8.15. The summed E-state index contributed by atoms with van der Waals surface area (Å²) in [5.74, 6) is 2.76. The van der Waals surface area contributed by atoms with Gasteiger partial charge in [-0.1, -0.05) is 6.07 Å². The van der Waals surface area contributed by atoms with E-state index in [0.29, 0.717) is 6.54 Å². The Morgan fingerprint density at radius 1 is 1.38 bits per heavy atom. The molecule has 4 nitrogen and oxygen atoms in total. The molecule has 7 heteroatoms. The summed E-state index contributed by atoms with van der Waals surface area (Å²) in [5, 5.41) is 6.55. The minimum atomic E-state index is 0. The summed E-state index contributed by atoms with van der Waals surface area (Å²) >= 11 is 5.31. The van der Waals surface area contributed by atoms with Crippen molar-refractivity contribution in [1.82, 2.24) is 10.6 Å². The number of hydrogen-bond acceptors (Lipinski definition) is 3. The Morgan fingerprint density at radius 2 is 2.14 bits per heavy atom. The molecule has 1 aromatic rings. The summed E-state index contributed by atoms with van der Waals surface area (Å²) in [6.07, 6.45) is 2.10. The maximum Gasteiger partial charge on any atom is 0.191 e. The molecule has 0 spiro atoms. The molecule has 0 aromatic heterocycles. The van der Waals surface area contributed by atoms with Crippen molar-refractivity contribution in [3.63, 3.8) is 0 Å². The average Bonchev–Trinajstić information content (AvgIpc) is 2.45. The van der Waals surface area contributed by atoms with Gasteiger partial charge in [0.05, 0.1) is 18.1 Å². The van der Waals surface area contributed by atoms with E-state index in [1.165, 1.54) is 0 Å². The summed E-state index contributed by atoms with van der Waals surface area (Å²) in [4.78, 5) is 4.58. The highest BCUT2D eigenvalue weighted by Gasteiger charge is 2.02. The average molecular weight is 488 g/mol. The standard InChI is InChI=1S/C14H22BrN3OS.HI/c1-4-16-14(17-7-8-20-3)18-10-11-5-6-13(19-2)12(15)9-11;/h5-6,9H,4,7-8,10H2,1-3H3,(H2,16,17,18);1H. The van der Waals surface area contributed by atoms with Gasteiger partial charge in [-0.15, -0.1) is 24.0 Å². The Kier molecular flexibility index (Phi) is 12.3. The Labute approximate surface area is 157 Å². The number of halogens is 2. The fourth-order valence-corrected chi connectivity index (χ4v) is 2.49. The van der Waals surface area contributed by atoms with E-state index in [9.17, 15) is 0 Å². The molecule has 21 heavy (non-hydrogen) atoms. The van der Waals surface area contributed by atoms with Crippen molar-refractivity contribution in [2.75, 3.05) is 32.2 Å². The van der Waals surface area contributed by atoms with Gasteiger partial charge < -0.3 is 15.4 Å². The fraction of sp³-hybridized carbons (Fsp3) is 0.500. The van der Waals surface area contributed by atoms with Gasteiger partial charge in [0.25, 0.3) is 0 Å². The molecule has 1 aromatic carbocycles. The van der Waals surface area contributed by atoms with Gasteiger partial charge in [-0.25, -0.2) is 4.99 Å². The predicted octanol–water partition coefficient (Wildman–Crippen LogP) is 3.49. The first-order chi connectivity index (χ1) is 9.71. The normalized spacial score (nSPS) is 10.8. The van der Waals surface area contributed by atoms with E-state index >= 15 is 0 Å². The number of methoxy groups -OCH3 is 1. The molecule has 1 rings (SSSR count). The minimum absolute atomic E-state index is 0. The van der Waals surface area contributed by atoms with E-state index in [-0.39, 0.29) is 24.0 Å². The molecular weight excluding hydrogens is 465 g/mol. The number of guanidine groups is 1. The number of hydrogen-bond donors (Lipinski definition) is 2. The number of rotatable bonds is 7. The van der Waals surface area contributed by atoms with Gasteiger partial charge in [-0.3, -0.25) is 0 Å². The van der Waals surface area contributed by atoms with Crippen molar-refractivity contribution in [2.24, 2.45) is 4.99 Å². The van der Waals surface area contributed by atoms with Crippen LogP contribution >= 0.6 is 51.7 Å². The van der Waals surface area contributed by atoms with Crippen molar-refractivity contribution in [3.8, 4) is 5.75 Å². The molecule has 0 aliphatic carbocycles. The van der Waals surface area contributed by atoms with Crippen molar-refractivity contribution in [2.45, 2.75) is 13.5 Å². The fourth-order valence-electron chi connectivity index (χ4n) is 1.59. The van der Waals surface area contributed by atoms with Crippen LogP contribution in [0.1, 0.15) is 12.5 Å². The van der Waals surface area contributed by atoms with Crippen LogP contribution in [-0.4, -0.2) is 38.2 Å². The van der Waals surface area contributed by atoms with E-state index in [1.807, 2.05) is 30.0 Å². The van der Waals surface area contributed by atoms with Crippen LogP contribution in [0, 0.1) is 0 Å². The Morgan fingerprint density at radius 3 is 2.71 bits per heavy atom. The molecule has 0 heterocycles. The first-order valence-corrected chi connectivity index (χ1v) is 8.73. The molecule has 0 saturated carbocycles. The zero-order chi connectivity index (χ0) is 14.8. The lowest BCUT2D eigenvalue weighted by Gasteiger charge is -2.11. The topological polar surface area (TPSA) is 45.7 Å². The lowest BCUT2D eigenvalue weighted by atomic mass is 10.2. The van der Waals surface area contributed by atoms with Crippen LogP contribution in [-0.2, 0) is 6.54 Å². The molecule has 0 bridgehead atoms. The Balaban J connectivity index is 0.00000400. The zero-order valence-corrected chi connectivity index (χ0v) is 17.3. The van der Waals surface area contributed by atoms with E-state index < -0.39 is 0 Å². The maximum atomic E-state index is 5.22. The zero-order valence-electron chi connectivity index (χ0n) is 12.6. The number of nitrogens with zero attached hydrogens (tertiary/aromatic N) is 1. The highest BCUT2D eigenvalue weighted by Crippen LogP contribution is 2.25. The number of benzene rings is 1. The third-order valence-electron chi connectivity index (χ3n) is 2.58. The Hall–Kier alpha value is -0.150. The van der Waals surface area contributed by atoms with Gasteiger partial charge in [0.1, 0.15) is 5.75 Å². The molecular formula is C14H23BrIN3OS. The van der Waals surface area contributed by atoms with Gasteiger partial charge in [0.15, 0.2) is 5.96 Å². The quantitative estimate of drug-likeness (QED) is 0.267. The SMILES string of the molecule is CCNC(=NCc1ccc(OC)c(Br)c1)NCCSC.I. The molecule has 0 aliphatic rings. The summed E-state index contributed by atoms with van der Waals surface area (Å²) < 4.78 is 6.17. The summed E-state index contributed by atoms with van der Waals surface area (Å²) in [6, 6.07) is 6.01. The second-order valence-corrected chi connectivity index (χ2v) is 5.92. The molecule has 0 radical (unpaired) electrons. The van der Waals surface area contributed by atoms with Crippen LogP contribution in [0.5, 0.6) is 5.75 Å². The van der Waals surface area contributed by atoms with Gasteiger partial charge in [-0.05, 0) is 46.8 Å². The Bertz CT molecular complexity index is 446. The first-order valence-electron chi connectivity index (χ1n) is 6.54. The van der Waals surface area contributed by atoms with E-state index in [4.69, 9.17) is 4.74 Å². The van der Waals surface area contributed by atoms with Crippen LogP contribution < -0.4 is 15.4 Å². The van der Waals surface area contributed by atoms with Crippen molar-refractivity contribution >= 4 is 57.6 Å². The minimum Gasteiger partial charge on any atom is -0.496 e. The summed E-state index contributed by atoms with van der Waals surface area (Å²) in [5.41, 5.74) is 1.14. The van der Waals surface area contributed by atoms with Gasteiger partial charge in [-0.2, -0.15) is 11.8 Å². The van der Waals surface area contributed by atoms with E-state index in [1.54, 1.807) is 7.11 Å². The van der Waals surface area contributed by atoms with E-state index in [2.05, 4.69) is 44.7 Å². The summed E-state index contributed by atoms with van der Waals surface area (Å²) in [6.45, 7) is 4.48. The molecule has 0 amide bonds. The first kappa shape index (κ1) is 20.9. The molecule has 2 N–H and O–H groups in total. The van der Waals surface area contributed by atoms with Crippen molar-refractivity contribution in [3.05, 3.63) is 28.2 Å². The number of aliphatic imine (C=N–C) groups is 1. The lowest BCUT2D eigenvalue weighted by molar-refractivity contribution is 0.412. The lowest BCUT2D eigenvalue weighted by Crippen LogP contribution is -2.38. The highest BCUT2D eigenvalue weighted by atomic mass is 127. The molecule has 0 aliphatic heterocycles. The van der Waals surface area contributed by atoms with Crippen LogP contribution in [0.3, 0.4) is 0 Å². The van der Waals surface area contributed by atoms with Gasteiger partial charge in [0.2, 0.25) is 0 Å². The van der Waals surface area contributed by atoms with Crippen LogP contribution in [0.15, 0.2) is 27.7 Å². The highest BCUT2D eigenvalue weighted by molar-refractivity contribution is 14.0.